The minimum atomic E-state index is -3.87. The molecule has 8 N–H and O–H groups in total. The Kier molecular flexibility index (Phi) is 12.3. The van der Waals surface area contributed by atoms with Crippen LogP contribution in [-0.2, 0) is 14.8 Å². The quantitative estimate of drug-likeness (QED) is 0.269. The SMILES string of the molecule is CCN1CCC[C@H]1CNC(=O)c1cc(S(N)(=O)=O)ccc1OC.NCCCCC(N)C(=O)O. The summed E-state index contributed by atoms with van der Waals surface area (Å²) < 4.78 is 28.1. The molecule has 1 fully saturated rings. The van der Waals surface area contributed by atoms with E-state index in [9.17, 15) is 18.0 Å². The molecule has 0 radical (unpaired) electrons. The highest BCUT2D eigenvalue weighted by molar-refractivity contribution is 7.89. The number of benzene rings is 1. The number of amides is 1. The van der Waals surface area contributed by atoms with Crippen LogP contribution in [0.25, 0.3) is 0 Å². The third kappa shape index (κ3) is 9.64. The zero-order valence-electron chi connectivity index (χ0n) is 19.3. The van der Waals surface area contributed by atoms with Gasteiger partial charge in [-0.2, -0.15) is 0 Å². The number of likely N-dealkylation sites (tertiary alicyclic amines) is 1. The topological polar surface area (TPSA) is 191 Å². The molecule has 1 heterocycles. The van der Waals surface area contributed by atoms with Gasteiger partial charge in [-0.05, 0) is 63.5 Å². The summed E-state index contributed by atoms with van der Waals surface area (Å²) in [5, 5.41) is 16.3. The number of primary sulfonamides is 1. The molecule has 0 saturated carbocycles. The molecule has 1 aliphatic heterocycles. The lowest BCUT2D eigenvalue weighted by molar-refractivity contribution is -0.138. The third-order valence-corrected chi connectivity index (χ3v) is 6.35. The number of nitrogens with one attached hydrogen (secondary N) is 1. The second-order valence-corrected chi connectivity index (χ2v) is 9.33. The molecule has 1 unspecified atom stereocenters. The van der Waals surface area contributed by atoms with Crippen LogP contribution in [0.15, 0.2) is 23.1 Å². The molecule has 0 bridgehead atoms. The van der Waals surface area contributed by atoms with E-state index in [4.69, 9.17) is 26.4 Å². The maximum absolute atomic E-state index is 12.4. The Bertz CT molecular complexity index is 880. The van der Waals surface area contributed by atoms with E-state index in [0.717, 1.165) is 38.8 Å². The number of likely N-dealkylation sites (N-methyl/N-ethyl adjacent to an activating group) is 1. The lowest BCUT2D eigenvalue weighted by Gasteiger charge is -2.23. The summed E-state index contributed by atoms with van der Waals surface area (Å²) in [4.78, 5) is 24.8. The molecule has 11 nitrogen and oxygen atoms in total. The first-order valence-corrected chi connectivity index (χ1v) is 12.5. The molecule has 1 aliphatic rings. The number of hydrogen-bond donors (Lipinski definition) is 5. The van der Waals surface area contributed by atoms with E-state index in [2.05, 4.69) is 17.1 Å². The van der Waals surface area contributed by atoms with Crippen molar-refractivity contribution in [2.75, 3.05) is 33.3 Å². The van der Waals surface area contributed by atoms with Gasteiger partial charge in [0, 0.05) is 12.6 Å². The number of aliphatic carboxylic acids is 1. The summed E-state index contributed by atoms with van der Waals surface area (Å²) in [6.45, 7) is 5.21. The van der Waals surface area contributed by atoms with Crippen LogP contribution >= 0.6 is 0 Å². The Morgan fingerprint density at radius 1 is 1.33 bits per heavy atom. The van der Waals surface area contributed by atoms with Crippen LogP contribution < -0.4 is 26.7 Å². The van der Waals surface area contributed by atoms with Crippen molar-refractivity contribution in [3.8, 4) is 5.75 Å². The van der Waals surface area contributed by atoms with Gasteiger partial charge in [0.2, 0.25) is 10.0 Å². The number of carbonyl (C=O) groups is 2. The molecular weight excluding hydrogens is 450 g/mol. The summed E-state index contributed by atoms with van der Waals surface area (Å²) >= 11 is 0. The number of unbranched alkanes of at least 4 members (excludes halogenated alkanes) is 1. The average molecular weight is 488 g/mol. The van der Waals surface area contributed by atoms with Gasteiger partial charge in [0.05, 0.1) is 17.6 Å². The summed E-state index contributed by atoms with van der Waals surface area (Å²) in [5.74, 6) is -0.985. The van der Waals surface area contributed by atoms with Gasteiger partial charge in [-0.15, -0.1) is 0 Å². The highest BCUT2D eigenvalue weighted by Gasteiger charge is 2.24. The number of methoxy groups -OCH3 is 1. The van der Waals surface area contributed by atoms with Crippen LogP contribution in [0.4, 0.5) is 0 Å². The fourth-order valence-corrected chi connectivity index (χ4v) is 4.06. The number of rotatable bonds is 11. The zero-order chi connectivity index (χ0) is 25.0. The molecule has 1 amide bonds. The van der Waals surface area contributed by atoms with Crippen LogP contribution in [0.5, 0.6) is 5.75 Å². The first-order valence-electron chi connectivity index (χ1n) is 11.0. The number of sulfonamides is 1. The van der Waals surface area contributed by atoms with Gasteiger partial charge >= 0.3 is 5.97 Å². The second-order valence-electron chi connectivity index (χ2n) is 7.77. The highest BCUT2D eigenvalue weighted by atomic mass is 32.2. The lowest BCUT2D eigenvalue weighted by atomic mass is 10.1. The third-order valence-electron chi connectivity index (χ3n) is 5.43. The summed E-state index contributed by atoms with van der Waals surface area (Å²) in [7, 11) is -2.44. The Balaban J connectivity index is 0.000000461. The molecule has 1 saturated heterocycles. The van der Waals surface area contributed by atoms with Gasteiger partial charge < -0.3 is 26.6 Å². The molecule has 1 aromatic carbocycles. The number of ether oxygens (including phenoxy) is 1. The number of carboxylic acids is 1. The predicted molar refractivity (Wildman–Crippen MR) is 125 cm³/mol. The van der Waals surface area contributed by atoms with E-state index in [1.54, 1.807) is 0 Å². The van der Waals surface area contributed by atoms with Crippen LogP contribution in [0.1, 0.15) is 49.4 Å². The summed E-state index contributed by atoms with van der Waals surface area (Å²) in [6, 6.07) is 3.60. The Hall–Kier alpha value is -2.25. The van der Waals surface area contributed by atoms with Crippen LogP contribution in [-0.4, -0.2) is 75.7 Å². The first-order chi connectivity index (χ1) is 15.5. The molecular formula is C21H37N5O6S. The number of carboxylic acid groups (broad SMARTS) is 1. The average Bonchev–Trinajstić information content (AvgIpc) is 3.24. The van der Waals surface area contributed by atoms with Crippen LogP contribution in [0, 0.1) is 0 Å². The standard InChI is InChI=1S/C15H23N3O4S.C6H14N2O2/c1-3-18-8-4-5-11(18)10-17-15(19)13-9-12(23(16,20)21)6-7-14(13)22-2;7-4-2-1-3-5(8)6(9)10/h6-7,9,11H,3-5,8,10H2,1-2H3,(H,17,19)(H2,16,20,21);5H,1-4,7-8H2,(H,9,10)/t11-;/m0./s1. The fourth-order valence-electron chi connectivity index (χ4n) is 3.52. The summed E-state index contributed by atoms with van der Waals surface area (Å²) in [6.07, 6.45) is 4.33. The number of nitrogens with zero attached hydrogens (tertiary/aromatic N) is 1. The van der Waals surface area contributed by atoms with E-state index >= 15 is 0 Å². The molecule has 0 aromatic heterocycles. The lowest BCUT2D eigenvalue weighted by Crippen LogP contribution is -2.40. The molecule has 33 heavy (non-hydrogen) atoms. The monoisotopic (exact) mass is 487 g/mol. The van der Waals surface area contributed by atoms with Crippen LogP contribution in [0.2, 0.25) is 0 Å². The van der Waals surface area contributed by atoms with Crippen molar-refractivity contribution in [1.82, 2.24) is 10.2 Å². The van der Waals surface area contributed by atoms with Gasteiger partial charge in [0.15, 0.2) is 0 Å². The van der Waals surface area contributed by atoms with Crippen molar-refractivity contribution in [2.45, 2.75) is 56.0 Å². The van der Waals surface area contributed by atoms with Crippen molar-refractivity contribution in [3.63, 3.8) is 0 Å². The first kappa shape index (κ1) is 28.8. The fraction of sp³-hybridized carbons (Fsp3) is 0.619. The highest BCUT2D eigenvalue weighted by Crippen LogP contribution is 2.22. The van der Waals surface area contributed by atoms with Gasteiger partial charge in [-0.3, -0.25) is 14.5 Å². The molecule has 188 valence electrons. The van der Waals surface area contributed by atoms with Gasteiger partial charge in [0.1, 0.15) is 11.8 Å². The zero-order valence-corrected chi connectivity index (χ0v) is 20.1. The number of nitrogens with two attached hydrogens (primary N) is 3. The Morgan fingerprint density at radius 2 is 2.03 bits per heavy atom. The van der Waals surface area contributed by atoms with Crippen molar-refractivity contribution >= 4 is 21.9 Å². The van der Waals surface area contributed by atoms with E-state index in [1.807, 2.05) is 0 Å². The van der Waals surface area contributed by atoms with Crippen molar-refractivity contribution in [2.24, 2.45) is 16.6 Å². The number of hydrogen-bond acceptors (Lipinski definition) is 8. The van der Waals surface area contributed by atoms with E-state index in [-0.39, 0.29) is 16.4 Å². The number of carbonyl (C=O) groups excluding carboxylic acids is 1. The van der Waals surface area contributed by atoms with E-state index in [1.165, 1.54) is 25.3 Å². The van der Waals surface area contributed by atoms with Crippen molar-refractivity contribution < 1.29 is 27.9 Å². The molecule has 0 aliphatic carbocycles. The van der Waals surface area contributed by atoms with Crippen molar-refractivity contribution in [3.05, 3.63) is 23.8 Å². The molecule has 1 aromatic rings. The van der Waals surface area contributed by atoms with Crippen LogP contribution in [0.3, 0.4) is 0 Å². The summed E-state index contributed by atoms with van der Waals surface area (Å²) in [5.41, 5.74) is 10.6. The second kappa shape index (κ2) is 14.1. The van der Waals surface area contributed by atoms with E-state index in [0.29, 0.717) is 31.3 Å². The van der Waals surface area contributed by atoms with Gasteiger partial charge in [0.25, 0.3) is 5.91 Å². The minimum Gasteiger partial charge on any atom is -0.496 e. The van der Waals surface area contributed by atoms with Gasteiger partial charge in [-0.25, -0.2) is 13.6 Å². The molecule has 2 atom stereocenters. The maximum Gasteiger partial charge on any atom is 0.320 e. The molecule has 2 rings (SSSR count). The molecule has 12 heteroatoms. The van der Waals surface area contributed by atoms with E-state index < -0.39 is 22.0 Å². The Morgan fingerprint density at radius 3 is 2.58 bits per heavy atom. The minimum absolute atomic E-state index is 0.112. The predicted octanol–water partition coefficient (Wildman–Crippen LogP) is 0.0840. The van der Waals surface area contributed by atoms with Crippen molar-refractivity contribution in [1.29, 1.82) is 0 Å². The normalized spacial score (nSPS) is 17.1. The Labute approximate surface area is 195 Å². The maximum atomic E-state index is 12.4. The molecule has 0 spiro atoms. The smallest absolute Gasteiger partial charge is 0.320 e. The van der Waals surface area contributed by atoms with Gasteiger partial charge in [-0.1, -0.05) is 13.3 Å². The largest absolute Gasteiger partial charge is 0.496 e.